The van der Waals surface area contributed by atoms with Crippen molar-refractivity contribution in [3.8, 4) is 10.4 Å². The van der Waals surface area contributed by atoms with Crippen LogP contribution in [0.25, 0.3) is 10.4 Å². The van der Waals surface area contributed by atoms with Gasteiger partial charge in [0.1, 0.15) is 0 Å². The van der Waals surface area contributed by atoms with E-state index in [9.17, 15) is 4.79 Å². The topological polar surface area (TPSA) is 44.4 Å². The van der Waals surface area contributed by atoms with Crippen molar-refractivity contribution in [3.63, 3.8) is 0 Å². The van der Waals surface area contributed by atoms with Crippen LogP contribution in [0.5, 0.6) is 0 Å². The van der Waals surface area contributed by atoms with E-state index in [1.54, 1.807) is 11.3 Å². The molecule has 1 aromatic heterocycles. The van der Waals surface area contributed by atoms with E-state index in [1.807, 2.05) is 48.3 Å². The first kappa shape index (κ1) is 19.1. The second kappa shape index (κ2) is 8.72. The lowest BCUT2D eigenvalue weighted by atomic mass is 10.1. The van der Waals surface area contributed by atoms with Crippen molar-refractivity contribution < 1.29 is 4.79 Å². The van der Waals surface area contributed by atoms with E-state index in [1.165, 1.54) is 0 Å². The molecule has 2 heterocycles. The molecule has 0 radical (unpaired) electrons. The monoisotopic (exact) mass is 385 g/mol. The molecule has 1 aromatic carbocycles. The minimum absolute atomic E-state index is 0. The summed E-state index contributed by atoms with van der Waals surface area (Å²) in [6, 6.07) is 12.0. The van der Waals surface area contributed by atoms with Gasteiger partial charge in [-0.25, -0.2) is 4.79 Å². The summed E-state index contributed by atoms with van der Waals surface area (Å²) in [6.07, 6.45) is 2.00. The average molecular weight is 386 g/mol. The molecule has 3 rings (SSSR count). The maximum Gasteiger partial charge on any atom is 0.321 e. The first-order valence-electron chi connectivity index (χ1n) is 7.74. The Morgan fingerprint density at radius 1 is 1.21 bits per heavy atom. The molecule has 4 nitrogen and oxygen atoms in total. The van der Waals surface area contributed by atoms with Crippen molar-refractivity contribution in [1.82, 2.24) is 10.2 Å². The molecule has 24 heavy (non-hydrogen) atoms. The summed E-state index contributed by atoms with van der Waals surface area (Å²) in [5, 5.41) is 6.28. The molecule has 1 fully saturated rings. The van der Waals surface area contributed by atoms with E-state index in [4.69, 9.17) is 11.6 Å². The fourth-order valence-corrected chi connectivity index (χ4v) is 3.81. The smallest absolute Gasteiger partial charge is 0.321 e. The van der Waals surface area contributed by atoms with Gasteiger partial charge in [-0.2, -0.15) is 0 Å². The predicted octanol–water partition coefficient (Wildman–Crippen LogP) is 4.71. The molecule has 130 valence electrons. The summed E-state index contributed by atoms with van der Waals surface area (Å²) in [7, 11) is 1.87. The number of hydrogen-bond acceptors (Lipinski definition) is 3. The summed E-state index contributed by atoms with van der Waals surface area (Å²) in [4.78, 5) is 15.3. The van der Waals surface area contributed by atoms with Gasteiger partial charge in [-0.3, -0.25) is 0 Å². The minimum Gasteiger partial charge on any atom is -0.325 e. The maximum atomic E-state index is 12.3. The van der Waals surface area contributed by atoms with Gasteiger partial charge in [0.25, 0.3) is 0 Å². The largest absolute Gasteiger partial charge is 0.325 e. The standard InChI is InChI=1S/C17H20ClN3OS.ClH/c1-21(14-8-10-19-11-9-14)17(22)20-13-4-2-12(3-5-13)15-6-7-16(18)23-15;/h2-7,14,19H,8-11H2,1H3,(H,20,22);1H. The molecule has 2 N–H and O–H groups in total. The van der Waals surface area contributed by atoms with Gasteiger partial charge in [0, 0.05) is 23.7 Å². The van der Waals surface area contributed by atoms with E-state index in [0.717, 1.165) is 46.4 Å². The van der Waals surface area contributed by atoms with Crippen LogP contribution in [0.15, 0.2) is 36.4 Å². The lowest BCUT2D eigenvalue weighted by molar-refractivity contribution is 0.189. The Kier molecular flexibility index (Phi) is 6.92. The summed E-state index contributed by atoms with van der Waals surface area (Å²) >= 11 is 7.52. The Balaban J connectivity index is 0.00000208. The van der Waals surface area contributed by atoms with Crippen molar-refractivity contribution >= 4 is 47.1 Å². The number of anilines is 1. The normalized spacial score (nSPS) is 14.8. The van der Waals surface area contributed by atoms with Gasteiger partial charge in [-0.1, -0.05) is 23.7 Å². The number of carbonyl (C=O) groups excluding carboxylic acids is 1. The fraction of sp³-hybridized carbons (Fsp3) is 0.353. The number of piperidine rings is 1. The van der Waals surface area contributed by atoms with Crippen LogP contribution in [0, 0.1) is 0 Å². The molecule has 1 aliphatic heterocycles. The van der Waals surface area contributed by atoms with Crippen molar-refractivity contribution in [1.29, 1.82) is 0 Å². The highest BCUT2D eigenvalue weighted by Gasteiger charge is 2.21. The Hall–Kier alpha value is -1.27. The molecule has 1 saturated heterocycles. The van der Waals surface area contributed by atoms with E-state index >= 15 is 0 Å². The zero-order valence-electron chi connectivity index (χ0n) is 13.4. The highest BCUT2D eigenvalue weighted by Crippen LogP contribution is 2.31. The van der Waals surface area contributed by atoms with Gasteiger partial charge in [-0.05, 0) is 55.8 Å². The van der Waals surface area contributed by atoms with Crippen molar-refractivity contribution in [3.05, 3.63) is 40.7 Å². The van der Waals surface area contributed by atoms with E-state index < -0.39 is 0 Å². The summed E-state index contributed by atoms with van der Waals surface area (Å²) in [5.41, 5.74) is 1.91. The van der Waals surface area contributed by atoms with Crippen LogP contribution in [-0.2, 0) is 0 Å². The van der Waals surface area contributed by atoms with Crippen LogP contribution in [-0.4, -0.2) is 37.1 Å². The number of rotatable bonds is 3. The van der Waals surface area contributed by atoms with E-state index in [0.29, 0.717) is 6.04 Å². The van der Waals surface area contributed by atoms with E-state index in [2.05, 4.69) is 10.6 Å². The number of nitrogens with zero attached hydrogens (tertiary/aromatic N) is 1. The van der Waals surface area contributed by atoms with Crippen molar-refractivity contribution in [2.75, 3.05) is 25.5 Å². The number of nitrogens with one attached hydrogen (secondary N) is 2. The lowest BCUT2D eigenvalue weighted by Gasteiger charge is -2.31. The maximum absolute atomic E-state index is 12.3. The van der Waals surface area contributed by atoms with Gasteiger partial charge >= 0.3 is 6.03 Å². The molecule has 0 spiro atoms. The molecule has 2 amide bonds. The highest BCUT2D eigenvalue weighted by molar-refractivity contribution is 7.19. The number of urea groups is 1. The SMILES string of the molecule is CN(C(=O)Nc1ccc(-c2ccc(Cl)s2)cc1)C1CCNCC1.Cl. The fourth-order valence-electron chi connectivity index (χ4n) is 2.76. The Morgan fingerprint density at radius 2 is 1.88 bits per heavy atom. The molecule has 0 bridgehead atoms. The molecule has 2 aromatic rings. The quantitative estimate of drug-likeness (QED) is 0.803. The van der Waals surface area contributed by atoms with Gasteiger partial charge in [-0.15, -0.1) is 23.7 Å². The molecule has 7 heteroatoms. The molecule has 0 aliphatic carbocycles. The highest BCUT2D eigenvalue weighted by atomic mass is 35.5. The van der Waals surface area contributed by atoms with Gasteiger partial charge in [0.15, 0.2) is 0 Å². The first-order chi connectivity index (χ1) is 11.1. The Bertz CT molecular complexity index is 669. The van der Waals surface area contributed by atoms with Crippen LogP contribution >= 0.6 is 35.3 Å². The van der Waals surface area contributed by atoms with Gasteiger partial charge in [0.05, 0.1) is 4.34 Å². The molecule has 0 unspecified atom stereocenters. The average Bonchev–Trinajstić information content (AvgIpc) is 3.02. The van der Waals surface area contributed by atoms with Crippen LogP contribution < -0.4 is 10.6 Å². The van der Waals surface area contributed by atoms with Gasteiger partial charge < -0.3 is 15.5 Å². The molecule has 0 atom stereocenters. The van der Waals surface area contributed by atoms with Crippen molar-refractivity contribution in [2.45, 2.75) is 18.9 Å². The predicted molar refractivity (Wildman–Crippen MR) is 105 cm³/mol. The number of thiophene rings is 1. The van der Waals surface area contributed by atoms with Crippen molar-refractivity contribution in [2.24, 2.45) is 0 Å². The Labute approximate surface area is 157 Å². The molecular formula is C17H21Cl2N3OS. The lowest BCUT2D eigenvalue weighted by Crippen LogP contribution is -2.45. The third-order valence-electron chi connectivity index (χ3n) is 4.17. The number of carbonyl (C=O) groups is 1. The van der Waals surface area contributed by atoms with Crippen LogP contribution in [0.1, 0.15) is 12.8 Å². The molecular weight excluding hydrogens is 365 g/mol. The third-order valence-corrected chi connectivity index (χ3v) is 5.45. The summed E-state index contributed by atoms with van der Waals surface area (Å²) < 4.78 is 0.779. The van der Waals surface area contributed by atoms with E-state index in [-0.39, 0.29) is 18.4 Å². The second-order valence-electron chi connectivity index (χ2n) is 5.70. The zero-order chi connectivity index (χ0) is 16.2. The molecule has 1 aliphatic rings. The minimum atomic E-state index is -0.0520. The molecule has 0 saturated carbocycles. The Morgan fingerprint density at radius 3 is 2.46 bits per heavy atom. The summed E-state index contributed by atoms with van der Waals surface area (Å²) in [5.74, 6) is 0. The van der Waals surface area contributed by atoms with Crippen LogP contribution in [0.2, 0.25) is 4.34 Å². The number of amides is 2. The first-order valence-corrected chi connectivity index (χ1v) is 8.93. The number of hydrogen-bond donors (Lipinski definition) is 2. The zero-order valence-corrected chi connectivity index (χ0v) is 15.8. The summed E-state index contributed by atoms with van der Waals surface area (Å²) in [6.45, 7) is 1.95. The third kappa shape index (κ3) is 4.63. The second-order valence-corrected chi connectivity index (χ2v) is 7.42. The number of benzene rings is 1. The number of halogens is 2. The van der Waals surface area contributed by atoms with Crippen LogP contribution in [0.3, 0.4) is 0 Å². The van der Waals surface area contributed by atoms with Gasteiger partial charge in [0.2, 0.25) is 0 Å². The van der Waals surface area contributed by atoms with Crippen LogP contribution in [0.4, 0.5) is 10.5 Å².